The molecule has 2 aromatic rings. The van der Waals surface area contributed by atoms with Crippen LogP contribution in [0.5, 0.6) is 0 Å². The van der Waals surface area contributed by atoms with Crippen LogP contribution >= 0.6 is 11.3 Å². The molecule has 94 valence electrons. The van der Waals surface area contributed by atoms with Gasteiger partial charge in [-0.25, -0.2) is 9.97 Å². The first-order valence-electron chi connectivity index (χ1n) is 6.36. The van der Waals surface area contributed by atoms with Crippen molar-refractivity contribution in [3.63, 3.8) is 0 Å². The van der Waals surface area contributed by atoms with Gasteiger partial charge < -0.3 is 0 Å². The van der Waals surface area contributed by atoms with Crippen molar-refractivity contribution < 1.29 is 0 Å². The summed E-state index contributed by atoms with van der Waals surface area (Å²) in [7, 11) is 0. The maximum Gasteiger partial charge on any atom is 0.115 e. The average Bonchev–Trinajstić information content (AvgIpc) is 2.78. The smallest absolute Gasteiger partial charge is 0.115 e. The summed E-state index contributed by atoms with van der Waals surface area (Å²) in [5.74, 6) is 0. The van der Waals surface area contributed by atoms with Gasteiger partial charge in [0.15, 0.2) is 0 Å². The second kappa shape index (κ2) is 5.16. The van der Waals surface area contributed by atoms with E-state index in [4.69, 9.17) is 0 Å². The molecule has 0 unspecified atom stereocenters. The highest BCUT2D eigenvalue weighted by atomic mass is 32.1. The van der Waals surface area contributed by atoms with E-state index in [9.17, 15) is 0 Å². The largest absolute Gasteiger partial charge is 0.298 e. The molecule has 0 bridgehead atoms. The SMILES string of the molecule is Cc1ncnc2c1CCN(Cc1ccsc1)CC2. The Hall–Kier alpha value is -1.26. The van der Waals surface area contributed by atoms with Gasteiger partial charge in [0.25, 0.3) is 0 Å². The standard InChI is InChI=1S/C14H17N3S/c1-11-13-2-5-17(8-12-4-7-18-9-12)6-3-14(13)16-10-15-11/h4,7,9-10H,2-3,5-6,8H2,1H3. The lowest BCUT2D eigenvalue weighted by atomic mass is 10.1. The van der Waals surface area contributed by atoms with Gasteiger partial charge in [-0.2, -0.15) is 11.3 Å². The van der Waals surface area contributed by atoms with Crippen LogP contribution in [0.3, 0.4) is 0 Å². The molecular formula is C14H17N3S. The van der Waals surface area contributed by atoms with E-state index in [1.807, 2.05) is 0 Å². The number of nitrogens with zero attached hydrogens (tertiary/aromatic N) is 3. The van der Waals surface area contributed by atoms with E-state index in [0.717, 1.165) is 38.2 Å². The molecule has 0 amide bonds. The van der Waals surface area contributed by atoms with Gasteiger partial charge in [0, 0.05) is 37.4 Å². The van der Waals surface area contributed by atoms with E-state index in [1.54, 1.807) is 17.7 Å². The third-order valence-corrected chi connectivity index (χ3v) is 4.31. The molecule has 3 rings (SSSR count). The molecular weight excluding hydrogens is 242 g/mol. The molecule has 2 aromatic heterocycles. The average molecular weight is 259 g/mol. The second-order valence-corrected chi connectivity index (χ2v) is 5.57. The molecule has 0 aromatic carbocycles. The summed E-state index contributed by atoms with van der Waals surface area (Å²) in [4.78, 5) is 11.3. The summed E-state index contributed by atoms with van der Waals surface area (Å²) in [5.41, 5.74) is 5.19. The number of thiophene rings is 1. The molecule has 0 atom stereocenters. The van der Waals surface area contributed by atoms with Gasteiger partial charge >= 0.3 is 0 Å². The van der Waals surface area contributed by atoms with Gasteiger partial charge in [0.05, 0.1) is 0 Å². The van der Waals surface area contributed by atoms with Crippen LogP contribution in [0.4, 0.5) is 0 Å². The fraction of sp³-hybridized carbons (Fsp3) is 0.429. The Morgan fingerprint density at radius 3 is 3.00 bits per heavy atom. The minimum atomic E-state index is 1.04. The van der Waals surface area contributed by atoms with Crippen molar-refractivity contribution in [1.29, 1.82) is 0 Å². The van der Waals surface area contributed by atoms with Crippen molar-refractivity contribution in [3.8, 4) is 0 Å². The predicted octanol–water partition coefficient (Wildman–Crippen LogP) is 2.45. The van der Waals surface area contributed by atoms with Gasteiger partial charge in [-0.3, -0.25) is 4.90 Å². The monoisotopic (exact) mass is 259 g/mol. The van der Waals surface area contributed by atoms with E-state index in [1.165, 1.54) is 16.8 Å². The fourth-order valence-electron chi connectivity index (χ4n) is 2.54. The Labute approximate surface area is 112 Å². The van der Waals surface area contributed by atoms with Gasteiger partial charge in [-0.15, -0.1) is 0 Å². The molecule has 0 spiro atoms. The van der Waals surface area contributed by atoms with Crippen molar-refractivity contribution in [3.05, 3.63) is 45.7 Å². The van der Waals surface area contributed by atoms with Gasteiger partial charge in [0.2, 0.25) is 0 Å². The zero-order valence-corrected chi connectivity index (χ0v) is 11.4. The van der Waals surface area contributed by atoms with Gasteiger partial charge in [-0.05, 0) is 41.3 Å². The van der Waals surface area contributed by atoms with Crippen LogP contribution in [0.15, 0.2) is 23.2 Å². The van der Waals surface area contributed by atoms with E-state index in [2.05, 4.69) is 38.6 Å². The lowest BCUT2D eigenvalue weighted by molar-refractivity contribution is 0.279. The summed E-state index contributed by atoms with van der Waals surface area (Å²) in [6.07, 6.45) is 3.82. The van der Waals surface area contributed by atoms with Crippen LogP contribution < -0.4 is 0 Å². The fourth-order valence-corrected chi connectivity index (χ4v) is 3.19. The van der Waals surface area contributed by atoms with E-state index < -0.39 is 0 Å². The van der Waals surface area contributed by atoms with Crippen LogP contribution in [-0.2, 0) is 19.4 Å². The third-order valence-electron chi connectivity index (χ3n) is 3.58. The zero-order chi connectivity index (χ0) is 12.4. The highest BCUT2D eigenvalue weighted by Gasteiger charge is 2.16. The number of aromatic nitrogens is 2. The Bertz CT molecular complexity index is 522. The van der Waals surface area contributed by atoms with Gasteiger partial charge in [-0.1, -0.05) is 0 Å². The molecule has 4 heteroatoms. The minimum Gasteiger partial charge on any atom is -0.298 e. The summed E-state index contributed by atoms with van der Waals surface area (Å²) in [5, 5.41) is 4.39. The Balaban J connectivity index is 1.73. The lowest BCUT2D eigenvalue weighted by Gasteiger charge is -2.18. The van der Waals surface area contributed by atoms with Crippen LogP contribution in [0.25, 0.3) is 0 Å². The molecule has 0 radical (unpaired) electrons. The number of aryl methyl sites for hydroxylation is 1. The minimum absolute atomic E-state index is 1.04. The van der Waals surface area contributed by atoms with Crippen LogP contribution in [0.2, 0.25) is 0 Å². The zero-order valence-electron chi connectivity index (χ0n) is 10.6. The Morgan fingerprint density at radius 2 is 2.17 bits per heavy atom. The normalized spacial score (nSPS) is 16.3. The first-order valence-corrected chi connectivity index (χ1v) is 7.30. The summed E-state index contributed by atoms with van der Waals surface area (Å²) >= 11 is 1.77. The molecule has 0 fully saturated rings. The van der Waals surface area contributed by atoms with Crippen molar-refractivity contribution >= 4 is 11.3 Å². The quantitative estimate of drug-likeness (QED) is 0.829. The molecule has 3 nitrogen and oxygen atoms in total. The second-order valence-electron chi connectivity index (χ2n) is 4.79. The first kappa shape index (κ1) is 11.8. The summed E-state index contributed by atoms with van der Waals surface area (Å²) < 4.78 is 0. The first-order chi connectivity index (χ1) is 8.83. The molecule has 1 aliphatic rings. The van der Waals surface area contributed by atoms with Crippen molar-refractivity contribution in [2.24, 2.45) is 0 Å². The highest BCUT2D eigenvalue weighted by molar-refractivity contribution is 7.07. The lowest BCUT2D eigenvalue weighted by Crippen LogP contribution is -2.25. The molecule has 0 aliphatic carbocycles. The Kier molecular flexibility index (Phi) is 3.39. The molecule has 3 heterocycles. The predicted molar refractivity (Wildman–Crippen MR) is 73.8 cm³/mol. The van der Waals surface area contributed by atoms with E-state index in [0.29, 0.717) is 0 Å². The van der Waals surface area contributed by atoms with Crippen molar-refractivity contribution in [2.45, 2.75) is 26.3 Å². The Morgan fingerprint density at radius 1 is 1.28 bits per heavy atom. The van der Waals surface area contributed by atoms with Crippen molar-refractivity contribution in [2.75, 3.05) is 13.1 Å². The number of rotatable bonds is 2. The van der Waals surface area contributed by atoms with Gasteiger partial charge in [0.1, 0.15) is 6.33 Å². The summed E-state index contributed by atoms with van der Waals surface area (Å²) in [6.45, 7) is 5.36. The molecule has 0 saturated heterocycles. The number of hydrogen-bond acceptors (Lipinski definition) is 4. The molecule has 0 N–H and O–H groups in total. The van der Waals surface area contributed by atoms with Crippen molar-refractivity contribution in [1.82, 2.24) is 14.9 Å². The molecule has 0 saturated carbocycles. The topological polar surface area (TPSA) is 29.0 Å². The van der Waals surface area contributed by atoms with Crippen LogP contribution in [0, 0.1) is 6.92 Å². The van der Waals surface area contributed by atoms with Crippen LogP contribution in [0.1, 0.15) is 22.5 Å². The van der Waals surface area contributed by atoms with Crippen LogP contribution in [-0.4, -0.2) is 28.0 Å². The number of hydrogen-bond donors (Lipinski definition) is 0. The summed E-state index contributed by atoms with van der Waals surface area (Å²) in [6, 6.07) is 2.22. The van der Waals surface area contributed by atoms with E-state index >= 15 is 0 Å². The maximum atomic E-state index is 4.44. The maximum absolute atomic E-state index is 4.44. The van der Waals surface area contributed by atoms with E-state index in [-0.39, 0.29) is 0 Å². The number of fused-ring (bicyclic) bond motifs is 1. The molecule has 18 heavy (non-hydrogen) atoms. The third kappa shape index (κ3) is 2.44. The molecule has 1 aliphatic heterocycles. The highest BCUT2D eigenvalue weighted by Crippen LogP contribution is 2.18.